The monoisotopic (exact) mass is 347 g/mol. The Morgan fingerprint density at radius 3 is 3.08 bits per heavy atom. The number of esters is 1. The largest absolute Gasteiger partial charge is 0.465 e. The molecule has 2 bridgehead atoms. The van der Waals surface area contributed by atoms with Crippen LogP contribution < -0.4 is 0 Å². The van der Waals surface area contributed by atoms with Gasteiger partial charge >= 0.3 is 5.97 Å². The maximum atomic E-state index is 13.0. The third-order valence-corrected chi connectivity index (χ3v) is 5.80. The fourth-order valence-corrected chi connectivity index (χ4v) is 4.64. The third-order valence-electron chi connectivity index (χ3n) is 4.94. The lowest BCUT2D eigenvalue weighted by Gasteiger charge is -2.23. The summed E-state index contributed by atoms with van der Waals surface area (Å²) in [5.41, 5.74) is -0.652. The zero-order chi connectivity index (χ0) is 16.9. The van der Waals surface area contributed by atoms with Gasteiger partial charge in [-0.2, -0.15) is 0 Å². The van der Waals surface area contributed by atoms with Crippen LogP contribution in [-0.4, -0.2) is 41.6 Å². The van der Waals surface area contributed by atoms with Crippen molar-refractivity contribution in [3.05, 3.63) is 34.5 Å². The Balaban J connectivity index is 1.54. The number of rotatable bonds is 5. The van der Waals surface area contributed by atoms with Crippen molar-refractivity contribution >= 4 is 23.2 Å². The minimum atomic E-state index is -0.652. The van der Waals surface area contributed by atoms with E-state index in [0.717, 1.165) is 4.88 Å². The number of hydrogen-bond donors (Lipinski definition) is 0. The lowest BCUT2D eigenvalue weighted by Crippen LogP contribution is -2.40. The van der Waals surface area contributed by atoms with Gasteiger partial charge in [-0.25, -0.2) is 0 Å². The van der Waals surface area contributed by atoms with Crippen molar-refractivity contribution in [2.24, 2.45) is 17.8 Å². The van der Waals surface area contributed by atoms with Gasteiger partial charge in [-0.3, -0.25) is 9.59 Å². The predicted molar refractivity (Wildman–Crippen MR) is 89.3 cm³/mol. The Labute approximate surface area is 145 Å². The number of carbonyl (C=O) groups is 2. The van der Waals surface area contributed by atoms with Crippen molar-refractivity contribution in [3.63, 3.8) is 0 Å². The van der Waals surface area contributed by atoms with E-state index in [2.05, 4.69) is 0 Å². The molecule has 5 nitrogen and oxygen atoms in total. The lowest BCUT2D eigenvalue weighted by molar-refractivity contribution is -0.154. The normalized spacial score (nSPS) is 33.5. The van der Waals surface area contributed by atoms with Crippen molar-refractivity contribution in [2.45, 2.75) is 32.1 Å². The maximum Gasteiger partial charge on any atom is 0.312 e. The summed E-state index contributed by atoms with van der Waals surface area (Å²) in [4.78, 5) is 28.5. The molecule has 1 aromatic rings. The van der Waals surface area contributed by atoms with Crippen LogP contribution in [0.15, 0.2) is 29.7 Å². The molecule has 1 spiro atoms. The lowest BCUT2D eigenvalue weighted by atomic mass is 9.77. The predicted octanol–water partition coefficient (Wildman–Crippen LogP) is 2.23. The highest BCUT2D eigenvalue weighted by Crippen LogP contribution is 2.52. The zero-order valence-electron chi connectivity index (χ0n) is 13.8. The van der Waals surface area contributed by atoms with Crippen LogP contribution >= 0.6 is 11.3 Å². The number of thiophene rings is 1. The van der Waals surface area contributed by atoms with Crippen molar-refractivity contribution in [2.75, 3.05) is 13.2 Å². The highest BCUT2D eigenvalue weighted by atomic mass is 32.1. The summed E-state index contributed by atoms with van der Waals surface area (Å²) in [7, 11) is 0. The van der Waals surface area contributed by atoms with E-state index in [4.69, 9.17) is 9.47 Å². The van der Waals surface area contributed by atoms with Crippen molar-refractivity contribution < 1.29 is 19.1 Å². The van der Waals surface area contributed by atoms with Crippen molar-refractivity contribution in [1.29, 1.82) is 0 Å². The van der Waals surface area contributed by atoms with Gasteiger partial charge in [0.05, 0.1) is 31.7 Å². The molecule has 3 aliphatic rings. The number of hydrogen-bond acceptors (Lipinski definition) is 5. The summed E-state index contributed by atoms with van der Waals surface area (Å²) in [5.74, 6) is -1.01. The Morgan fingerprint density at radius 1 is 1.54 bits per heavy atom. The fraction of sp³-hybridized carbons (Fsp3) is 0.556. The van der Waals surface area contributed by atoms with E-state index in [9.17, 15) is 9.59 Å². The molecule has 4 heterocycles. The smallest absolute Gasteiger partial charge is 0.312 e. The summed E-state index contributed by atoms with van der Waals surface area (Å²) in [6.45, 7) is 5.45. The van der Waals surface area contributed by atoms with Crippen LogP contribution in [0.3, 0.4) is 0 Å². The van der Waals surface area contributed by atoms with Gasteiger partial charge in [0.25, 0.3) is 0 Å². The first kappa shape index (κ1) is 15.8. The van der Waals surface area contributed by atoms with Crippen LogP contribution in [0.25, 0.3) is 0 Å². The van der Waals surface area contributed by atoms with Crippen molar-refractivity contribution in [3.8, 4) is 0 Å². The van der Waals surface area contributed by atoms with Gasteiger partial charge in [-0.1, -0.05) is 32.1 Å². The Kier molecular flexibility index (Phi) is 3.77. The molecule has 1 unspecified atom stereocenters. The van der Waals surface area contributed by atoms with Gasteiger partial charge < -0.3 is 14.4 Å². The average molecular weight is 347 g/mol. The highest BCUT2D eigenvalue weighted by Gasteiger charge is 2.67. The second-order valence-corrected chi connectivity index (χ2v) is 8.23. The minimum Gasteiger partial charge on any atom is -0.465 e. The molecule has 1 amide bonds. The zero-order valence-corrected chi connectivity index (χ0v) is 14.6. The van der Waals surface area contributed by atoms with Crippen LogP contribution in [0.4, 0.5) is 0 Å². The summed E-state index contributed by atoms with van der Waals surface area (Å²) >= 11 is 1.63. The van der Waals surface area contributed by atoms with Crippen LogP contribution in [0.1, 0.15) is 18.7 Å². The van der Waals surface area contributed by atoms with E-state index in [0.29, 0.717) is 19.7 Å². The van der Waals surface area contributed by atoms with Gasteiger partial charge in [0, 0.05) is 4.88 Å². The second-order valence-electron chi connectivity index (χ2n) is 7.20. The molecule has 128 valence electrons. The van der Waals surface area contributed by atoms with E-state index in [1.54, 1.807) is 11.3 Å². The number of amides is 1. The van der Waals surface area contributed by atoms with E-state index in [-0.39, 0.29) is 23.9 Å². The molecule has 2 saturated heterocycles. The number of ether oxygens (including phenoxy) is 2. The molecule has 0 saturated carbocycles. The molecular formula is C18H21NO4S. The van der Waals surface area contributed by atoms with Gasteiger partial charge in [0.15, 0.2) is 0 Å². The number of carbonyl (C=O) groups excluding carboxylic acids is 2. The first-order chi connectivity index (χ1) is 11.5. The van der Waals surface area contributed by atoms with E-state index in [1.807, 2.05) is 48.4 Å². The maximum absolute atomic E-state index is 13.0. The molecule has 1 aromatic heterocycles. The highest BCUT2D eigenvalue weighted by molar-refractivity contribution is 7.09. The summed E-state index contributed by atoms with van der Waals surface area (Å²) in [5, 5.41) is 2.00. The standard InChI is InChI=1S/C18H21NO4S/c1-11(2)9-22-17(21)14-13-5-6-18(23-13)10-19(16(20)15(14)18)8-12-4-3-7-24-12/h3-7,11,13-15H,8-10H2,1-2H3/t13-,14+,15-,18?/m1/s1. The minimum absolute atomic E-state index is 0.00162. The molecule has 0 aliphatic carbocycles. The SMILES string of the molecule is CC(C)COC(=O)[C@H]1[C@H]2C=CC3(CN(Cc4cccs4)C(=O)[C@@H]13)O2. The van der Waals surface area contributed by atoms with Gasteiger partial charge in [-0.05, 0) is 17.4 Å². The van der Waals surface area contributed by atoms with Gasteiger partial charge in [0.2, 0.25) is 5.91 Å². The first-order valence-electron chi connectivity index (χ1n) is 8.35. The molecule has 6 heteroatoms. The first-order valence-corrected chi connectivity index (χ1v) is 9.23. The quantitative estimate of drug-likeness (QED) is 0.605. The molecular weight excluding hydrogens is 326 g/mol. The fourth-order valence-electron chi connectivity index (χ4n) is 3.92. The topological polar surface area (TPSA) is 55.8 Å². The van der Waals surface area contributed by atoms with Crippen LogP contribution in [0, 0.1) is 17.8 Å². The Morgan fingerprint density at radius 2 is 2.38 bits per heavy atom. The van der Waals surface area contributed by atoms with Crippen LogP contribution in [0.5, 0.6) is 0 Å². The van der Waals surface area contributed by atoms with E-state index < -0.39 is 17.4 Å². The van der Waals surface area contributed by atoms with Gasteiger partial charge in [0.1, 0.15) is 11.5 Å². The van der Waals surface area contributed by atoms with E-state index >= 15 is 0 Å². The summed E-state index contributed by atoms with van der Waals surface area (Å²) in [6.07, 6.45) is 3.56. The van der Waals surface area contributed by atoms with Crippen molar-refractivity contribution in [1.82, 2.24) is 4.90 Å². The molecule has 2 fully saturated rings. The third kappa shape index (κ3) is 2.40. The summed E-state index contributed by atoms with van der Waals surface area (Å²) in [6, 6.07) is 4.00. The van der Waals surface area contributed by atoms with Crippen LogP contribution in [0.2, 0.25) is 0 Å². The molecule has 24 heavy (non-hydrogen) atoms. The van der Waals surface area contributed by atoms with E-state index in [1.165, 1.54) is 0 Å². The number of nitrogens with zero attached hydrogens (tertiary/aromatic N) is 1. The molecule has 3 aliphatic heterocycles. The number of fused-ring (bicyclic) bond motifs is 1. The van der Waals surface area contributed by atoms with Crippen LogP contribution in [-0.2, 0) is 25.6 Å². The molecule has 0 aromatic carbocycles. The van der Waals surface area contributed by atoms with Gasteiger partial charge in [-0.15, -0.1) is 11.3 Å². The Hall–Kier alpha value is -1.66. The molecule has 4 atom stereocenters. The Bertz CT molecular complexity index is 683. The molecule has 4 rings (SSSR count). The second kappa shape index (κ2) is 5.70. The number of likely N-dealkylation sites (tertiary alicyclic amines) is 1. The summed E-state index contributed by atoms with van der Waals surface area (Å²) < 4.78 is 11.5. The molecule has 0 N–H and O–H groups in total. The molecule has 0 radical (unpaired) electrons. The average Bonchev–Trinajstić information content (AvgIpc) is 3.28.